The van der Waals surface area contributed by atoms with E-state index in [2.05, 4.69) is 14.9 Å². The number of ether oxygens (including phenoxy) is 2. The minimum absolute atomic E-state index is 0.385. The number of aromatic carboxylic acids is 1. The summed E-state index contributed by atoms with van der Waals surface area (Å²) in [7, 11) is 1.59. The quantitative estimate of drug-likeness (QED) is 0.898. The van der Waals surface area contributed by atoms with Crippen LogP contribution in [0.15, 0.2) is 18.5 Å². The fourth-order valence-corrected chi connectivity index (χ4v) is 4.76. The Hall–Kier alpha value is -2.19. The average Bonchev–Trinajstić information content (AvgIpc) is 3.09. The van der Waals surface area contributed by atoms with Gasteiger partial charge >= 0.3 is 5.97 Å². The zero-order valence-corrected chi connectivity index (χ0v) is 14.7. The number of methoxy groups -OCH3 is 1. The molecule has 0 unspecified atom stereocenters. The van der Waals surface area contributed by atoms with Crippen molar-refractivity contribution in [2.45, 2.75) is 24.9 Å². The Morgan fingerprint density at radius 2 is 2.12 bits per heavy atom. The van der Waals surface area contributed by atoms with Crippen LogP contribution < -0.4 is 9.64 Å². The van der Waals surface area contributed by atoms with Gasteiger partial charge in [-0.15, -0.1) is 11.3 Å². The number of carboxylic acids is 1. The Bertz CT molecular complexity index is 799. The molecule has 0 radical (unpaired) electrons. The van der Waals surface area contributed by atoms with Gasteiger partial charge in [0.15, 0.2) is 5.82 Å². The van der Waals surface area contributed by atoms with E-state index in [0.717, 1.165) is 48.6 Å². The lowest BCUT2D eigenvalue weighted by atomic mass is 9.82. The normalized spacial score (nSPS) is 18.8. The maximum absolute atomic E-state index is 11.3. The number of nitrogens with zero attached hydrogens (tertiary/aromatic N) is 3. The Balaban J connectivity index is 1.59. The van der Waals surface area contributed by atoms with Gasteiger partial charge < -0.3 is 19.5 Å². The van der Waals surface area contributed by atoms with E-state index in [1.54, 1.807) is 25.6 Å². The molecule has 132 valence electrons. The van der Waals surface area contributed by atoms with E-state index in [-0.39, 0.29) is 5.60 Å². The van der Waals surface area contributed by atoms with Gasteiger partial charge in [0, 0.05) is 36.8 Å². The third-order valence-corrected chi connectivity index (χ3v) is 6.11. The molecule has 4 rings (SSSR count). The number of carboxylic acid groups (broad SMARTS) is 1. The fourth-order valence-electron chi connectivity index (χ4n) is 3.69. The first-order valence-electron chi connectivity index (χ1n) is 8.23. The van der Waals surface area contributed by atoms with Crippen molar-refractivity contribution in [2.24, 2.45) is 0 Å². The maximum atomic E-state index is 11.3. The molecule has 1 N–H and O–H groups in total. The van der Waals surface area contributed by atoms with Crippen LogP contribution in [0.25, 0.3) is 0 Å². The molecule has 25 heavy (non-hydrogen) atoms. The molecule has 0 saturated carbocycles. The van der Waals surface area contributed by atoms with Gasteiger partial charge in [0.1, 0.15) is 4.88 Å². The van der Waals surface area contributed by atoms with Gasteiger partial charge in [-0.1, -0.05) is 0 Å². The first kappa shape index (κ1) is 16.3. The molecule has 0 bridgehead atoms. The molecular formula is C17H19N3O4S. The van der Waals surface area contributed by atoms with E-state index in [4.69, 9.17) is 9.47 Å². The van der Waals surface area contributed by atoms with Gasteiger partial charge in [-0.25, -0.2) is 14.8 Å². The minimum atomic E-state index is -0.865. The first-order chi connectivity index (χ1) is 12.1. The summed E-state index contributed by atoms with van der Waals surface area (Å²) in [5, 5.41) is 9.30. The molecule has 7 nitrogen and oxygen atoms in total. The third kappa shape index (κ3) is 2.75. The van der Waals surface area contributed by atoms with Crippen molar-refractivity contribution in [2.75, 3.05) is 31.7 Å². The number of anilines is 1. The third-order valence-electron chi connectivity index (χ3n) is 4.93. The highest BCUT2D eigenvalue weighted by atomic mass is 32.1. The highest BCUT2D eigenvalue weighted by Gasteiger charge is 2.43. The molecule has 2 aromatic rings. The monoisotopic (exact) mass is 361 g/mol. The van der Waals surface area contributed by atoms with Crippen LogP contribution in [0.3, 0.4) is 0 Å². The number of aromatic nitrogens is 2. The lowest BCUT2D eigenvalue weighted by Gasteiger charge is -2.44. The highest BCUT2D eigenvalue weighted by molar-refractivity contribution is 7.14. The van der Waals surface area contributed by atoms with Crippen molar-refractivity contribution in [3.05, 3.63) is 33.8 Å². The molecule has 1 saturated heterocycles. The average molecular weight is 361 g/mol. The molecule has 1 fully saturated rings. The van der Waals surface area contributed by atoms with Gasteiger partial charge in [0.2, 0.25) is 0 Å². The van der Waals surface area contributed by atoms with Gasteiger partial charge in [-0.3, -0.25) is 0 Å². The zero-order chi connectivity index (χ0) is 17.4. The molecule has 0 amide bonds. The topological polar surface area (TPSA) is 84.8 Å². The van der Waals surface area contributed by atoms with Gasteiger partial charge in [0.25, 0.3) is 5.88 Å². The molecule has 0 aliphatic carbocycles. The summed E-state index contributed by atoms with van der Waals surface area (Å²) in [5.41, 5.74) is 0.677. The van der Waals surface area contributed by atoms with Crippen LogP contribution in [-0.4, -0.2) is 47.8 Å². The van der Waals surface area contributed by atoms with Crippen molar-refractivity contribution in [3.8, 4) is 5.88 Å². The molecule has 0 aromatic carbocycles. The summed E-state index contributed by atoms with van der Waals surface area (Å²) in [4.78, 5) is 23.6. The Morgan fingerprint density at radius 1 is 1.36 bits per heavy atom. The maximum Gasteiger partial charge on any atom is 0.345 e. The highest BCUT2D eigenvalue weighted by Crippen LogP contribution is 2.45. The van der Waals surface area contributed by atoms with E-state index in [1.807, 2.05) is 0 Å². The summed E-state index contributed by atoms with van der Waals surface area (Å²) in [6, 6.07) is 1.81. The molecule has 1 spiro atoms. The predicted molar refractivity (Wildman–Crippen MR) is 92.6 cm³/mol. The second kappa shape index (κ2) is 6.27. The summed E-state index contributed by atoms with van der Waals surface area (Å²) in [6.45, 7) is 2.15. The number of piperidine rings is 1. The SMILES string of the molecule is COc1nccnc1N1CCC2(CC1)OCCc1sc(C(=O)O)cc12. The lowest BCUT2D eigenvalue weighted by molar-refractivity contribution is -0.0757. The van der Waals surface area contributed by atoms with Gasteiger partial charge in [0.05, 0.1) is 19.3 Å². The second-order valence-corrected chi connectivity index (χ2v) is 7.36. The van der Waals surface area contributed by atoms with Crippen LogP contribution in [0, 0.1) is 0 Å². The Kier molecular flexibility index (Phi) is 4.09. The molecular weight excluding hydrogens is 342 g/mol. The molecule has 2 aromatic heterocycles. The number of rotatable bonds is 3. The molecule has 2 aliphatic heterocycles. The Morgan fingerprint density at radius 3 is 2.84 bits per heavy atom. The van der Waals surface area contributed by atoms with Crippen LogP contribution in [0.1, 0.15) is 33.0 Å². The number of hydrogen-bond acceptors (Lipinski definition) is 7. The van der Waals surface area contributed by atoms with E-state index in [9.17, 15) is 9.90 Å². The number of carbonyl (C=O) groups is 1. The van der Waals surface area contributed by atoms with E-state index < -0.39 is 5.97 Å². The van der Waals surface area contributed by atoms with Crippen molar-refractivity contribution < 1.29 is 19.4 Å². The zero-order valence-electron chi connectivity index (χ0n) is 13.9. The van der Waals surface area contributed by atoms with Crippen molar-refractivity contribution >= 4 is 23.1 Å². The van der Waals surface area contributed by atoms with E-state index >= 15 is 0 Å². The molecule has 8 heteroatoms. The standard InChI is InChI=1S/C17H19N3O4S/c1-23-15-14(18-5-6-19-15)20-7-3-17(4-8-20)11-10-13(16(21)22)25-12(11)2-9-24-17/h5-6,10H,2-4,7-9H2,1H3,(H,21,22). The van der Waals surface area contributed by atoms with Crippen LogP contribution in [0.4, 0.5) is 5.82 Å². The van der Waals surface area contributed by atoms with Gasteiger partial charge in [-0.05, 0) is 24.5 Å². The smallest absolute Gasteiger partial charge is 0.345 e. The number of fused-ring (bicyclic) bond motifs is 2. The molecule has 2 aliphatic rings. The second-order valence-electron chi connectivity index (χ2n) is 6.22. The molecule has 0 atom stereocenters. The number of hydrogen-bond donors (Lipinski definition) is 1. The van der Waals surface area contributed by atoms with Gasteiger partial charge in [-0.2, -0.15) is 0 Å². The Labute approximate surface area is 149 Å². The summed E-state index contributed by atoms with van der Waals surface area (Å²) in [6.07, 6.45) is 5.64. The largest absolute Gasteiger partial charge is 0.478 e. The minimum Gasteiger partial charge on any atom is -0.478 e. The van der Waals surface area contributed by atoms with Crippen molar-refractivity contribution in [1.82, 2.24) is 9.97 Å². The van der Waals surface area contributed by atoms with Crippen LogP contribution in [-0.2, 0) is 16.8 Å². The van der Waals surface area contributed by atoms with Crippen LogP contribution in [0.5, 0.6) is 5.88 Å². The van der Waals surface area contributed by atoms with Crippen LogP contribution in [0.2, 0.25) is 0 Å². The summed E-state index contributed by atoms with van der Waals surface area (Å²) in [5.74, 6) is 0.399. The summed E-state index contributed by atoms with van der Waals surface area (Å²) >= 11 is 1.38. The van der Waals surface area contributed by atoms with E-state index in [0.29, 0.717) is 17.4 Å². The summed E-state index contributed by atoms with van der Waals surface area (Å²) < 4.78 is 11.5. The first-order valence-corrected chi connectivity index (χ1v) is 9.05. The number of thiophene rings is 1. The van der Waals surface area contributed by atoms with Crippen LogP contribution >= 0.6 is 11.3 Å². The van der Waals surface area contributed by atoms with E-state index in [1.165, 1.54) is 11.3 Å². The predicted octanol–water partition coefficient (Wildman–Crippen LogP) is 2.31. The fraction of sp³-hybridized carbons (Fsp3) is 0.471. The van der Waals surface area contributed by atoms with Crippen molar-refractivity contribution in [1.29, 1.82) is 0 Å². The van der Waals surface area contributed by atoms with Crippen molar-refractivity contribution in [3.63, 3.8) is 0 Å². The molecule has 4 heterocycles. The lowest BCUT2D eigenvalue weighted by Crippen LogP contribution is -2.46.